The minimum atomic E-state index is -0.154. The van der Waals surface area contributed by atoms with Crippen LogP contribution in [0.3, 0.4) is 0 Å². The maximum Gasteiger partial charge on any atom is 0.130 e. The van der Waals surface area contributed by atoms with Crippen molar-refractivity contribution in [2.75, 3.05) is 32.1 Å². The van der Waals surface area contributed by atoms with Crippen molar-refractivity contribution in [2.24, 2.45) is 0 Å². The number of rotatable bonds is 5. The summed E-state index contributed by atoms with van der Waals surface area (Å²) in [6.45, 7) is 3.64. The standard InChI is InChI=1S/C15H23FN2O/c1-11(17-2)15-13(16)7-4-8-14(15)18(3)10-12-6-5-9-19-12/h4,7-8,11-12,17H,5-6,9-10H2,1-3H3. The van der Waals surface area contributed by atoms with Gasteiger partial charge in [0.05, 0.1) is 6.10 Å². The molecule has 1 aromatic carbocycles. The average molecular weight is 266 g/mol. The molecule has 0 bridgehead atoms. The zero-order valence-corrected chi connectivity index (χ0v) is 11.9. The Balaban J connectivity index is 2.19. The van der Waals surface area contributed by atoms with Crippen molar-refractivity contribution in [3.8, 4) is 0 Å². The van der Waals surface area contributed by atoms with Crippen LogP contribution in [-0.4, -0.2) is 33.4 Å². The van der Waals surface area contributed by atoms with Crippen LogP contribution >= 0.6 is 0 Å². The fourth-order valence-corrected chi connectivity index (χ4v) is 2.62. The topological polar surface area (TPSA) is 24.5 Å². The van der Waals surface area contributed by atoms with Gasteiger partial charge in [-0.15, -0.1) is 0 Å². The molecular weight excluding hydrogens is 243 g/mol. The van der Waals surface area contributed by atoms with Crippen LogP contribution in [0.4, 0.5) is 10.1 Å². The molecule has 1 saturated heterocycles. The van der Waals surface area contributed by atoms with Crippen molar-refractivity contribution in [1.82, 2.24) is 5.32 Å². The van der Waals surface area contributed by atoms with Crippen LogP contribution in [0.15, 0.2) is 18.2 Å². The molecule has 1 fully saturated rings. The molecule has 0 aliphatic carbocycles. The fraction of sp³-hybridized carbons (Fsp3) is 0.600. The molecule has 3 nitrogen and oxygen atoms in total. The minimum Gasteiger partial charge on any atom is -0.376 e. The smallest absolute Gasteiger partial charge is 0.130 e. The van der Waals surface area contributed by atoms with Crippen LogP contribution in [0.5, 0.6) is 0 Å². The highest BCUT2D eigenvalue weighted by molar-refractivity contribution is 5.55. The fourth-order valence-electron chi connectivity index (χ4n) is 2.62. The molecule has 106 valence electrons. The van der Waals surface area contributed by atoms with Crippen LogP contribution in [0.25, 0.3) is 0 Å². The molecule has 1 aliphatic rings. The lowest BCUT2D eigenvalue weighted by Gasteiger charge is -2.27. The van der Waals surface area contributed by atoms with Gasteiger partial charge in [-0.2, -0.15) is 0 Å². The second-order valence-corrected chi connectivity index (χ2v) is 5.20. The molecule has 19 heavy (non-hydrogen) atoms. The monoisotopic (exact) mass is 266 g/mol. The Labute approximate surface area is 114 Å². The maximum absolute atomic E-state index is 14.1. The molecule has 0 saturated carbocycles. The van der Waals surface area contributed by atoms with Crippen molar-refractivity contribution in [3.05, 3.63) is 29.6 Å². The first-order chi connectivity index (χ1) is 9.13. The van der Waals surface area contributed by atoms with E-state index in [1.165, 1.54) is 6.07 Å². The van der Waals surface area contributed by atoms with Gasteiger partial charge in [0.2, 0.25) is 0 Å². The number of halogens is 1. The molecular formula is C15H23FN2O. The summed E-state index contributed by atoms with van der Waals surface area (Å²) < 4.78 is 19.7. The van der Waals surface area contributed by atoms with Gasteiger partial charge in [-0.1, -0.05) is 6.07 Å². The number of hydrogen-bond acceptors (Lipinski definition) is 3. The molecule has 1 aromatic rings. The van der Waals surface area contributed by atoms with E-state index in [2.05, 4.69) is 10.2 Å². The van der Waals surface area contributed by atoms with E-state index in [-0.39, 0.29) is 18.0 Å². The normalized spacial score (nSPS) is 20.5. The SMILES string of the molecule is CNC(C)c1c(F)cccc1N(C)CC1CCCO1. The van der Waals surface area contributed by atoms with Crippen LogP contribution in [-0.2, 0) is 4.74 Å². The largest absolute Gasteiger partial charge is 0.376 e. The average Bonchev–Trinajstić information content (AvgIpc) is 2.90. The summed E-state index contributed by atoms with van der Waals surface area (Å²) in [6.07, 6.45) is 2.49. The first-order valence-corrected chi connectivity index (χ1v) is 6.92. The summed E-state index contributed by atoms with van der Waals surface area (Å²) in [5, 5.41) is 3.11. The van der Waals surface area contributed by atoms with Gasteiger partial charge in [0.15, 0.2) is 0 Å². The lowest BCUT2D eigenvalue weighted by Crippen LogP contribution is -2.30. The third-order valence-corrected chi connectivity index (χ3v) is 3.81. The lowest BCUT2D eigenvalue weighted by molar-refractivity contribution is 0.116. The highest BCUT2D eigenvalue weighted by Gasteiger charge is 2.21. The number of anilines is 1. The second kappa shape index (κ2) is 6.35. The van der Waals surface area contributed by atoms with Gasteiger partial charge in [0, 0.05) is 37.5 Å². The van der Waals surface area contributed by atoms with Crippen LogP contribution in [0.2, 0.25) is 0 Å². The summed E-state index contributed by atoms with van der Waals surface area (Å²) in [5.41, 5.74) is 1.67. The highest BCUT2D eigenvalue weighted by Crippen LogP contribution is 2.29. The molecule has 4 heteroatoms. The molecule has 1 N–H and O–H groups in total. The number of nitrogens with zero attached hydrogens (tertiary/aromatic N) is 1. The van der Waals surface area contributed by atoms with Crippen molar-refractivity contribution >= 4 is 5.69 Å². The van der Waals surface area contributed by atoms with Crippen LogP contribution in [0.1, 0.15) is 31.4 Å². The Hall–Kier alpha value is -1.13. The van der Waals surface area contributed by atoms with Gasteiger partial charge in [0.1, 0.15) is 5.82 Å². The van der Waals surface area contributed by atoms with Gasteiger partial charge in [-0.25, -0.2) is 4.39 Å². The van der Waals surface area contributed by atoms with Crippen LogP contribution in [0, 0.1) is 5.82 Å². The molecule has 2 rings (SSSR count). The number of ether oxygens (including phenoxy) is 1. The summed E-state index contributed by atoms with van der Waals surface area (Å²) in [6, 6.07) is 5.25. The molecule has 0 aromatic heterocycles. The predicted octanol–water partition coefficient (Wildman–Crippen LogP) is 2.72. The third kappa shape index (κ3) is 3.25. The van der Waals surface area contributed by atoms with E-state index in [4.69, 9.17) is 4.74 Å². The summed E-state index contributed by atoms with van der Waals surface area (Å²) in [5.74, 6) is -0.154. The van der Waals surface area contributed by atoms with Gasteiger partial charge in [-0.05, 0) is 38.9 Å². The third-order valence-electron chi connectivity index (χ3n) is 3.81. The zero-order valence-electron chi connectivity index (χ0n) is 11.9. The van der Waals surface area contributed by atoms with Gasteiger partial charge in [0.25, 0.3) is 0 Å². The number of likely N-dealkylation sites (N-methyl/N-ethyl adjacent to an activating group) is 1. The van der Waals surface area contributed by atoms with Gasteiger partial charge >= 0.3 is 0 Å². The predicted molar refractivity (Wildman–Crippen MR) is 76.1 cm³/mol. The van der Waals surface area contributed by atoms with E-state index in [9.17, 15) is 4.39 Å². The Kier molecular flexibility index (Phi) is 4.77. The molecule has 1 heterocycles. The minimum absolute atomic E-state index is 0.0110. The first kappa shape index (κ1) is 14.3. The van der Waals surface area contributed by atoms with E-state index >= 15 is 0 Å². The Morgan fingerprint density at radius 1 is 1.53 bits per heavy atom. The number of hydrogen-bond donors (Lipinski definition) is 1. The van der Waals surface area contributed by atoms with Crippen molar-refractivity contribution in [1.29, 1.82) is 0 Å². The lowest BCUT2D eigenvalue weighted by atomic mass is 10.0. The summed E-state index contributed by atoms with van der Waals surface area (Å²) in [4.78, 5) is 2.10. The zero-order chi connectivity index (χ0) is 13.8. The Bertz CT molecular complexity index is 419. The van der Waals surface area contributed by atoms with Gasteiger partial charge in [-0.3, -0.25) is 0 Å². The van der Waals surface area contributed by atoms with E-state index in [1.807, 2.05) is 27.1 Å². The highest BCUT2D eigenvalue weighted by atomic mass is 19.1. The van der Waals surface area contributed by atoms with E-state index in [1.54, 1.807) is 6.07 Å². The molecule has 0 spiro atoms. The molecule has 0 amide bonds. The van der Waals surface area contributed by atoms with E-state index in [0.29, 0.717) is 0 Å². The molecule has 2 unspecified atom stereocenters. The molecule has 1 aliphatic heterocycles. The summed E-state index contributed by atoms with van der Waals surface area (Å²) in [7, 11) is 3.85. The molecule has 0 radical (unpaired) electrons. The maximum atomic E-state index is 14.1. The van der Waals surface area contributed by atoms with Crippen molar-refractivity contribution < 1.29 is 9.13 Å². The Morgan fingerprint density at radius 2 is 2.32 bits per heavy atom. The Morgan fingerprint density at radius 3 is 2.95 bits per heavy atom. The first-order valence-electron chi connectivity index (χ1n) is 6.92. The summed E-state index contributed by atoms with van der Waals surface area (Å²) >= 11 is 0. The van der Waals surface area contributed by atoms with Gasteiger partial charge < -0.3 is 15.0 Å². The molecule has 2 atom stereocenters. The van der Waals surface area contributed by atoms with Crippen molar-refractivity contribution in [2.45, 2.75) is 31.9 Å². The van der Waals surface area contributed by atoms with E-state index < -0.39 is 0 Å². The number of nitrogens with one attached hydrogen (secondary N) is 1. The quantitative estimate of drug-likeness (QED) is 0.887. The number of benzene rings is 1. The van der Waals surface area contributed by atoms with Crippen LogP contribution < -0.4 is 10.2 Å². The van der Waals surface area contributed by atoms with E-state index in [0.717, 1.165) is 37.2 Å². The second-order valence-electron chi connectivity index (χ2n) is 5.20. The van der Waals surface area contributed by atoms with Crippen molar-refractivity contribution in [3.63, 3.8) is 0 Å².